The Bertz CT molecular complexity index is 329. The number of nitrogens with one attached hydrogen (secondary N) is 1. The fourth-order valence-electron chi connectivity index (χ4n) is 1.11. The Labute approximate surface area is 65.3 Å². The number of para-hydroxylation sites is 2. The molecule has 1 N–H and O–H groups in total. The van der Waals surface area contributed by atoms with Crippen LogP contribution in [0.3, 0.4) is 0 Å². The molecule has 0 amide bonds. The molecule has 0 spiro atoms. The molecule has 2 rings (SSSR count). The van der Waals surface area contributed by atoms with E-state index in [-0.39, 0.29) is 0 Å². The maximum absolute atomic E-state index is 4.32. The number of H-pyrrole nitrogens is 1. The van der Waals surface area contributed by atoms with Crippen molar-refractivity contribution >= 4 is 11.0 Å². The van der Waals surface area contributed by atoms with Gasteiger partial charge < -0.3 is 4.98 Å². The van der Waals surface area contributed by atoms with Gasteiger partial charge in [-0.2, -0.15) is 0 Å². The maximum Gasteiger partial charge on any atom is 0.110 e. The zero-order chi connectivity index (χ0) is 7.68. The summed E-state index contributed by atoms with van der Waals surface area (Å²) in [6, 6.07) is 8.01. The van der Waals surface area contributed by atoms with E-state index >= 15 is 0 Å². The lowest BCUT2D eigenvalue weighted by molar-refractivity contribution is 1.17. The third-order valence-electron chi connectivity index (χ3n) is 1.68. The number of nitrogens with zero attached hydrogens (tertiary/aromatic N) is 1. The summed E-state index contributed by atoms with van der Waals surface area (Å²) in [4.78, 5) is 7.50. The largest absolute Gasteiger partial charge is 0.342 e. The van der Waals surface area contributed by atoms with E-state index < -0.39 is 0 Å². The monoisotopic (exact) mass is 145 g/mol. The van der Waals surface area contributed by atoms with Gasteiger partial charge in [0.2, 0.25) is 0 Å². The first-order valence-electron chi connectivity index (χ1n) is 3.64. The van der Waals surface area contributed by atoms with Gasteiger partial charge in [0.25, 0.3) is 0 Å². The molecule has 0 unspecified atom stereocenters. The lowest BCUT2D eigenvalue weighted by Crippen LogP contribution is -1.76. The summed E-state index contributed by atoms with van der Waals surface area (Å²) < 4.78 is 0. The lowest BCUT2D eigenvalue weighted by Gasteiger charge is -1.81. The zero-order valence-corrected chi connectivity index (χ0v) is 6.33. The van der Waals surface area contributed by atoms with Crippen LogP contribution >= 0.6 is 0 Å². The molecule has 55 valence electrons. The number of fused-ring (bicyclic) bond motifs is 1. The Morgan fingerprint density at radius 3 is 2.91 bits per heavy atom. The molecule has 2 nitrogen and oxygen atoms in total. The predicted octanol–water partition coefficient (Wildman–Crippen LogP) is 2.14. The highest BCUT2D eigenvalue weighted by Gasteiger charge is 1.97. The van der Waals surface area contributed by atoms with E-state index in [0.717, 1.165) is 16.9 Å². The number of benzene rings is 1. The van der Waals surface area contributed by atoms with Crippen molar-refractivity contribution in [3.63, 3.8) is 0 Å². The molecule has 11 heavy (non-hydrogen) atoms. The molecule has 1 aromatic heterocycles. The molecule has 2 aromatic rings. The van der Waals surface area contributed by atoms with Gasteiger partial charge >= 0.3 is 0 Å². The predicted molar refractivity (Wildman–Crippen MR) is 45.2 cm³/mol. The van der Waals surface area contributed by atoms with Gasteiger partial charge in [-0.15, -0.1) is 0 Å². The molecule has 0 aliphatic heterocycles. The van der Waals surface area contributed by atoms with E-state index in [0.29, 0.717) is 0 Å². The molecule has 0 fully saturated rings. The van der Waals surface area contributed by atoms with Gasteiger partial charge in [0.15, 0.2) is 0 Å². The van der Waals surface area contributed by atoms with E-state index in [1.807, 2.05) is 37.6 Å². The smallest absolute Gasteiger partial charge is 0.110 e. The number of rotatable bonds is 1. The second-order valence-corrected chi connectivity index (χ2v) is 2.43. The molecule has 1 aromatic carbocycles. The van der Waals surface area contributed by atoms with Crippen LogP contribution < -0.4 is 0 Å². The van der Waals surface area contributed by atoms with Crippen LogP contribution in [0.25, 0.3) is 11.0 Å². The Hall–Kier alpha value is -1.31. The fraction of sp³-hybridized carbons (Fsp3) is 0.111. The highest BCUT2D eigenvalue weighted by molar-refractivity contribution is 5.74. The number of hydrogen-bond acceptors (Lipinski definition) is 1. The van der Waals surface area contributed by atoms with Gasteiger partial charge in [-0.05, 0) is 12.1 Å². The van der Waals surface area contributed by atoms with Gasteiger partial charge in [-0.25, -0.2) is 4.98 Å². The summed E-state index contributed by atoms with van der Waals surface area (Å²) in [5, 5.41) is 0. The molecule has 0 aliphatic rings. The van der Waals surface area contributed by atoms with Crippen molar-refractivity contribution in [1.29, 1.82) is 0 Å². The van der Waals surface area contributed by atoms with Crippen LogP contribution in [0.2, 0.25) is 0 Å². The second-order valence-electron chi connectivity index (χ2n) is 2.43. The average molecular weight is 145 g/mol. The van der Waals surface area contributed by atoms with Crippen LogP contribution in [0.4, 0.5) is 0 Å². The molecule has 1 heterocycles. The highest BCUT2D eigenvalue weighted by atomic mass is 14.9. The highest BCUT2D eigenvalue weighted by Crippen LogP contribution is 2.10. The normalized spacial score (nSPS) is 10.6. The Morgan fingerprint density at radius 1 is 1.36 bits per heavy atom. The lowest BCUT2D eigenvalue weighted by atomic mass is 10.3. The Morgan fingerprint density at radius 2 is 2.18 bits per heavy atom. The summed E-state index contributed by atoms with van der Waals surface area (Å²) in [7, 11) is 0. The number of aromatic nitrogens is 2. The van der Waals surface area contributed by atoms with Gasteiger partial charge in [0.1, 0.15) is 5.82 Å². The van der Waals surface area contributed by atoms with E-state index in [9.17, 15) is 0 Å². The van der Waals surface area contributed by atoms with Crippen LogP contribution in [0.15, 0.2) is 24.3 Å². The summed E-state index contributed by atoms with van der Waals surface area (Å²) in [5.74, 6) is 0.936. The van der Waals surface area contributed by atoms with Gasteiger partial charge in [0.05, 0.1) is 11.0 Å². The minimum Gasteiger partial charge on any atom is -0.342 e. The standard InChI is InChI=1S/C9H9N2/c1-2-9-10-7-5-3-4-6-8(7)11-9/h2-6H,1H3,(H,10,11). The number of imidazole rings is 1. The maximum atomic E-state index is 4.32. The van der Waals surface area contributed by atoms with E-state index in [2.05, 4.69) is 9.97 Å². The first-order chi connectivity index (χ1) is 5.40. The van der Waals surface area contributed by atoms with Crippen LogP contribution in [0.5, 0.6) is 0 Å². The summed E-state index contributed by atoms with van der Waals surface area (Å²) >= 11 is 0. The molecular formula is C9H9N2. The van der Waals surface area contributed by atoms with Crippen molar-refractivity contribution < 1.29 is 0 Å². The van der Waals surface area contributed by atoms with Crippen molar-refractivity contribution in [3.8, 4) is 0 Å². The first-order valence-corrected chi connectivity index (χ1v) is 3.64. The minimum atomic E-state index is 0.936. The minimum absolute atomic E-state index is 0.936. The van der Waals surface area contributed by atoms with Crippen LogP contribution in [-0.4, -0.2) is 9.97 Å². The molecule has 0 atom stereocenters. The van der Waals surface area contributed by atoms with Crippen LogP contribution in [-0.2, 0) is 0 Å². The number of hydrogen-bond donors (Lipinski definition) is 1. The van der Waals surface area contributed by atoms with Crippen molar-refractivity contribution in [2.45, 2.75) is 6.92 Å². The van der Waals surface area contributed by atoms with Gasteiger partial charge in [-0.3, -0.25) is 0 Å². The van der Waals surface area contributed by atoms with Crippen LogP contribution in [0.1, 0.15) is 12.7 Å². The fourth-order valence-corrected chi connectivity index (χ4v) is 1.11. The molecule has 0 saturated carbocycles. The molecule has 2 heteroatoms. The average Bonchev–Trinajstić information content (AvgIpc) is 2.46. The molecule has 0 bridgehead atoms. The molecular weight excluding hydrogens is 136 g/mol. The Balaban J connectivity index is 2.69. The van der Waals surface area contributed by atoms with Crippen molar-refractivity contribution in [2.75, 3.05) is 0 Å². The topological polar surface area (TPSA) is 28.7 Å². The third-order valence-corrected chi connectivity index (χ3v) is 1.68. The van der Waals surface area contributed by atoms with E-state index in [4.69, 9.17) is 0 Å². The van der Waals surface area contributed by atoms with Crippen LogP contribution in [0, 0.1) is 6.42 Å². The van der Waals surface area contributed by atoms with Crippen molar-refractivity contribution in [1.82, 2.24) is 9.97 Å². The van der Waals surface area contributed by atoms with Crippen molar-refractivity contribution in [2.24, 2.45) is 0 Å². The SMILES string of the molecule is C[CH]c1nc2ccccc2[nH]1. The van der Waals surface area contributed by atoms with Gasteiger partial charge in [0, 0.05) is 6.42 Å². The van der Waals surface area contributed by atoms with Gasteiger partial charge in [-0.1, -0.05) is 19.1 Å². The zero-order valence-electron chi connectivity index (χ0n) is 6.33. The number of aromatic amines is 1. The Kier molecular flexibility index (Phi) is 1.39. The summed E-state index contributed by atoms with van der Waals surface area (Å²) in [5.41, 5.74) is 2.13. The van der Waals surface area contributed by atoms with E-state index in [1.165, 1.54) is 0 Å². The first kappa shape index (κ1) is 6.40. The van der Waals surface area contributed by atoms with Crippen molar-refractivity contribution in [3.05, 3.63) is 36.5 Å². The molecule has 0 aliphatic carbocycles. The van der Waals surface area contributed by atoms with E-state index in [1.54, 1.807) is 0 Å². The second kappa shape index (κ2) is 2.38. The molecule has 1 radical (unpaired) electrons. The quantitative estimate of drug-likeness (QED) is 0.654. The third kappa shape index (κ3) is 1.00. The summed E-state index contributed by atoms with van der Waals surface area (Å²) in [6.07, 6.45) is 1.96. The molecule has 0 saturated heterocycles. The summed E-state index contributed by atoms with van der Waals surface area (Å²) in [6.45, 7) is 1.97.